The number of methoxy groups -OCH3 is 1. The largest absolute Gasteiger partial charge is 0.384 e. The average Bonchev–Trinajstić information content (AvgIpc) is 3.00. The highest BCUT2D eigenvalue weighted by atomic mass is 16.5. The van der Waals surface area contributed by atoms with Gasteiger partial charge in [-0.2, -0.15) is 0 Å². The molecular formula is C19H27N3O2. The van der Waals surface area contributed by atoms with Crippen molar-refractivity contribution in [2.24, 2.45) is 5.92 Å². The van der Waals surface area contributed by atoms with Crippen molar-refractivity contribution >= 4 is 16.9 Å². The third kappa shape index (κ3) is 3.73. The van der Waals surface area contributed by atoms with Gasteiger partial charge in [0, 0.05) is 49.8 Å². The third-order valence-corrected chi connectivity index (χ3v) is 4.89. The summed E-state index contributed by atoms with van der Waals surface area (Å²) in [5, 5.41) is 4.32. The van der Waals surface area contributed by atoms with Crippen molar-refractivity contribution < 1.29 is 9.53 Å². The number of hydrogen-bond donors (Lipinski definition) is 2. The number of carbonyl (C=O) groups excluding carboxylic acids is 1. The molecule has 24 heavy (non-hydrogen) atoms. The number of para-hydroxylation sites is 1. The molecule has 1 aromatic carbocycles. The average molecular weight is 329 g/mol. The van der Waals surface area contributed by atoms with E-state index in [1.807, 2.05) is 4.90 Å². The first-order valence-electron chi connectivity index (χ1n) is 8.76. The highest BCUT2D eigenvalue weighted by molar-refractivity contribution is 5.86. The van der Waals surface area contributed by atoms with Gasteiger partial charge in [-0.15, -0.1) is 0 Å². The van der Waals surface area contributed by atoms with Crippen LogP contribution in [0.25, 0.3) is 10.9 Å². The molecular weight excluding hydrogens is 302 g/mol. The van der Waals surface area contributed by atoms with Crippen molar-refractivity contribution in [3.63, 3.8) is 0 Å². The number of ether oxygens (including phenoxy) is 1. The fourth-order valence-electron chi connectivity index (χ4n) is 3.61. The fraction of sp³-hybridized carbons (Fsp3) is 0.526. The van der Waals surface area contributed by atoms with Crippen molar-refractivity contribution in [1.29, 1.82) is 0 Å². The predicted octanol–water partition coefficient (Wildman–Crippen LogP) is 3.09. The molecule has 0 aliphatic carbocycles. The Kier molecular flexibility index (Phi) is 5.41. The summed E-state index contributed by atoms with van der Waals surface area (Å²) in [6.07, 6.45) is 5.10. The van der Waals surface area contributed by atoms with Gasteiger partial charge in [-0.3, -0.25) is 0 Å². The first-order valence-corrected chi connectivity index (χ1v) is 8.76. The second kappa shape index (κ2) is 7.71. The van der Waals surface area contributed by atoms with Crippen molar-refractivity contribution in [3.05, 3.63) is 35.5 Å². The quantitative estimate of drug-likeness (QED) is 0.885. The summed E-state index contributed by atoms with van der Waals surface area (Å²) in [4.78, 5) is 17.6. The van der Waals surface area contributed by atoms with E-state index < -0.39 is 0 Å². The minimum Gasteiger partial charge on any atom is -0.384 e. The Balaban J connectivity index is 1.52. The highest BCUT2D eigenvalue weighted by Crippen LogP contribution is 2.21. The van der Waals surface area contributed by atoms with Gasteiger partial charge in [-0.1, -0.05) is 18.2 Å². The van der Waals surface area contributed by atoms with Crippen molar-refractivity contribution in [3.8, 4) is 0 Å². The highest BCUT2D eigenvalue weighted by Gasteiger charge is 2.23. The maximum Gasteiger partial charge on any atom is 0.317 e. The van der Waals surface area contributed by atoms with Crippen LogP contribution in [0.1, 0.15) is 24.0 Å². The molecule has 0 spiro atoms. The van der Waals surface area contributed by atoms with Gasteiger partial charge in [-0.05, 0) is 37.3 Å². The number of likely N-dealkylation sites (tertiary alicyclic amines) is 1. The van der Waals surface area contributed by atoms with Crippen LogP contribution in [-0.2, 0) is 11.2 Å². The number of urea groups is 1. The van der Waals surface area contributed by atoms with E-state index >= 15 is 0 Å². The number of amides is 2. The SMILES string of the molecule is COC[C@@H]1CCCN(C(=O)NCCc2c[nH]c3c(C)cccc23)C1. The summed E-state index contributed by atoms with van der Waals surface area (Å²) >= 11 is 0. The molecule has 5 nitrogen and oxygen atoms in total. The number of nitrogens with one attached hydrogen (secondary N) is 2. The van der Waals surface area contributed by atoms with E-state index in [2.05, 4.69) is 41.6 Å². The standard InChI is InChI=1S/C19H27N3O2/c1-14-5-3-7-17-16(11-21-18(14)17)8-9-20-19(23)22-10-4-6-15(12-22)13-24-2/h3,5,7,11,15,21H,4,6,8-10,12-13H2,1-2H3,(H,20,23)/t15-/m1/s1. The number of aryl methyl sites for hydroxylation is 1. The smallest absolute Gasteiger partial charge is 0.317 e. The predicted molar refractivity (Wildman–Crippen MR) is 96.3 cm³/mol. The second-order valence-electron chi connectivity index (χ2n) is 6.70. The molecule has 0 bridgehead atoms. The number of aromatic nitrogens is 1. The fourth-order valence-corrected chi connectivity index (χ4v) is 3.61. The number of nitrogens with zero attached hydrogens (tertiary/aromatic N) is 1. The van der Waals surface area contributed by atoms with E-state index in [9.17, 15) is 4.79 Å². The van der Waals surface area contributed by atoms with Crippen LogP contribution in [0.4, 0.5) is 4.79 Å². The summed E-state index contributed by atoms with van der Waals surface area (Å²) in [7, 11) is 1.72. The lowest BCUT2D eigenvalue weighted by Gasteiger charge is -2.32. The Hall–Kier alpha value is -2.01. The molecule has 2 heterocycles. The molecule has 2 amide bonds. The monoisotopic (exact) mass is 329 g/mol. The number of H-pyrrole nitrogens is 1. The van der Waals surface area contributed by atoms with Crippen LogP contribution in [0, 0.1) is 12.8 Å². The maximum atomic E-state index is 12.4. The molecule has 5 heteroatoms. The van der Waals surface area contributed by atoms with Crippen LogP contribution < -0.4 is 5.32 Å². The molecule has 2 N–H and O–H groups in total. The molecule has 1 aliphatic rings. The number of fused-ring (bicyclic) bond motifs is 1. The normalized spacial score (nSPS) is 18.1. The minimum atomic E-state index is 0.0480. The Morgan fingerprint density at radius 1 is 1.46 bits per heavy atom. The molecule has 0 unspecified atom stereocenters. The van der Waals surface area contributed by atoms with E-state index in [-0.39, 0.29) is 6.03 Å². The number of rotatable bonds is 5. The van der Waals surface area contributed by atoms with Gasteiger partial charge in [0.05, 0.1) is 6.61 Å². The van der Waals surface area contributed by atoms with E-state index in [1.165, 1.54) is 22.0 Å². The Labute approximate surface area is 143 Å². The van der Waals surface area contributed by atoms with Crippen LogP contribution in [0.2, 0.25) is 0 Å². The van der Waals surface area contributed by atoms with Gasteiger partial charge in [-0.25, -0.2) is 4.79 Å². The first kappa shape index (κ1) is 16.8. The van der Waals surface area contributed by atoms with Crippen molar-refractivity contribution in [2.75, 3.05) is 33.4 Å². The molecule has 2 aromatic rings. The lowest BCUT2D eigenvalue weighted by atomic mass is 9.99. The summed E-state index contributed by atoms with van der Waals surface area (Å²) < 4.78 is 5.23. The molecule has 3 rings (SSSR count). The van der Waals surface area contributed by atoms with Gasteiger partial charge < -0.3 is 19.9 Å². The van der Waals surface area contributed by atoms with E-state index in [4.69, 9.17) is 4.74 Å². The van der Waals surface area contributed by atoms with E-state index in [1.54, 1.807) is 7.11 Å². The number of aromatic amines is 1. The van der Waals surface area contributed by atoms with Crippen molar-refractivity contribution in [2.45, 2.75) is 26.2 Å². The molecule has 130 valence electrons. The number of benzene rings is 1. The van der Waals surface area contributed by atoms with Crippen LogP contribution in [0.5, 0.6) is 0 Å². The molecule has 1 aromatic heterocycles. The van der Waals surface area contributed by atoms with E-state index in [0.29, 0.717) is 12.5 Å². The molecule has 1 saturated heterocycles. The van der Waals surface area contributed by atoms with Gasteiger partial charge in [0.25, 0.3) is 0 Å². The summed E-state index contributed by atoms with van der Waals surface area (Å²) in [5.41, 5.74) is 3.70. The Morgan fingerprint density at radius 3 is 3.17 bits per heavy atom. The first-order chi connectivity index (χ1) is 11.7. The van der Waals surface area contributed by atoms with Gasteiger partial charge in [0.2, 0.25) is 0 Å². The number of piperidine rings is 1. The van der Waals surface area contributed by atoms with Crippen LogP contribution in [0.3, 0.4) is 0 Å². The van der Waals surface area contributed by atoms with Gasteiger partial charge in [0.15, 0.2) is 0 Å². The molecule has 0 radical (unpaired) electrons. The lowest BCUT2D eigenvalue weighted by molar-refractivity contribution is 0.100. The Bertz CT molecular complexity index is 693. The minimum absolute atomic E-state index is 0.0480. The third-order valence-electron chi connectivity index (χ3n) is 4.89. The zero-order valence-electron chi connectivity index (χ0n) is 14.6. The Morgan fingerprint density at radius 2 is 2.33 bits per heavy atom. The molecule has 1 fully saturated rings. The maximum absolute atomic E-state index is 12.4. The number of hydrogen-bond acceptors (Lipinski definition) is 2. The molecule has 0 saturated carbocycles. The number of carbonyl (C=O) groups is 1. The zero-order chi connectivity index (χ0) is 16.9. The lowest BCUT2D eigenvalue weighted by Crippen LogP contribution is -2.46. The van der Waals surface area contributed by atoms with Crippen molar-refractivity contribution in [1.82, 2.24) is 15.2 Å². The summed E-state index contributed by atoms with van der Waals surface area (Å²) in [6, 6.07) is 6.37. The van der Waals surface area contributed by atoms with E-state index in [0.717, 1.165) is 39.0 Å². The topological polar surface area (TPSA) is 57.4 Å². The van der Waals surface area contributed by atoms with Gasteiger partial charge >= 0.3 is 6.03 Å². The van der Waals surface area contributed by atoms with Gasteiger partial charge in [0.1, 0.15) is 0 Å². The summed E-state index contributed by atoms with van der Waals surface area (Å²) in [5.74, 6) is 0.464. The van der Waals surface area contributed by atoms with Crippen LogP contribution in [-0.4, -0.2) is 49.3 Å². The molecule has 1 aliphatic heterocycles. The second-order valence-corrected chi connectivity index (χ2v) is 6.70. The van der Waals surface area contributed by atoms with Crippen LogP contribution in [0.15, 0.2) is 24.4 Å². The molecule has 1 atom stereocenters. The van der Waals surface area contributed by atoms with Crippen LogP contribution >= 0.6 is 0 Å². The zero-order valence-corrected chi connectivity index (χ0v) is 14.6. The summed E-state index contributed by atoms with van der Waals surface area (Å²) in [6.45, 7) is 5.14.